The Balaban J connectivity index is 1.73. The molecular weight excluding hydrogens is 368 g/mol. The Morgan fingerprint density at radius 2 is 1.93 bits per heavy atom. The molecule has 7 heteroatoms. The summed E-state index contributed by atoms with van der Waals surface area (Å²) in [6, 6.07) is 6.36. The van der Waals surface area contributed by atoms with E-state index in [-0.39, 0.29) is 5.41 Å². The van der Waals surface area contributed by atoms with Gasteiger partial charge in [0.2, 0.25) is 5.95 Å². The van der Waals surface area contributed by atoms with Crippen LogP contribution in [0.4, 0.5) is 11.8 Å². The lowest BCUT2D eigenvalue weighted by Gasteiger charge is -2.32. The van der Waals surface area contributed by atoms with Crippen LogP contribution in [0.1, 0.15) is 31.3 Å². The summed E-state index contributed by atoms with van der Waals surface area (Å²) in [6.07, 6.45) is 1.90. The van der Waals surface area contributed by atoms with Gasteiger partial charge in [-0.15, -0.1) is 11.3 Å². The van der Waals surface area contributed by atoms with Gasteiger partial charge in [-0.2, -0.15) is 4.98 Å². The van der Waals surface area contributed by atoms with E-state index in [1.165, 1.54) is 4.88 Å². The van der Waals surface area contributed by atoms with Crippen LogP contribution in [0.2, 0.25) is 0 Å². The van der Waals surface area contributed by atoms with Crippen molar-refractivity contribution in [3.63, 3.8) is 0 Å². The molecule has 0 saturated carbocycles. The molecule has 0 aliphatic carbocycles. The van der Waals surface area contributed by atoms with Crippen LogP contribution in [-0.2, 0) is 12.0 Å². The molecule has 3 aromatic heterocycles. The molecule has 0 radical (unpaired) electrons. The molecule has 3 aromatic rings. The minimum atomic E-state index is -0.0185. The zero-order chi connectivity index (χ0) is 19.7. The lowest BCUT2D eigenvalue weighted by Crippen LogP contribution is -2.45. The van der Waals surface area contributed by atoms with Gasteiger partial charge in [0.05, 0.1) is 18.3 Å². The Morgan fingerprint density at radius 3 is 2.61 bits per heavy atom. The summed E-state index contributed by atoms with van der Waals surface area (Å²) in [7, 11) is 2.16. The Labute approximate surface area is 170 Å². The Morgan fingerprint density at radius 1 is 1.14 bits per heavy atom. The van der Waals surface area contributed by atoms with Crippen molar-refractivity contribution in [2.75, 3.05) is 43.4 Å². The number of piperazine rings is 1. The van der Waals surface area contributed by atoms with Gasteiger partial charge in [-0.1, -0.05) is 26.8 Å². The number of thiophene rings is 1. The molecule has 1 aliphatic heterocycles. The molecule has 0 spiro atoms. The van der Waals surface area contributed by atoms with E-state index in [4.69, 9.17) is 9.97 Å². The monoisotopic (exact) mass is 396 g/mol. The van der Waals surface area contributed by atoms with E-state index in [2.05, 4.69) is 71.5 Å². The molecule has 4 heterocycles. The van der Waals surface area contributed by atoms with Gasteiger partial charge in [0, 0.05) is 47.6 Å². The Bertz CT molecular complexity index is 939. The maximum Gasteiger partial charge on any atom is 0.228 e. The van der Waals surface area contributed by atoms with Crippen molar-refractivity contribution < 1.29 is 0 Å². The van der Waals surface area contributed by atoms with E-state index in [9.17, 15) is 0 Å². The maximum atomic E-state index is 4.93. The van der Waals surface area contributed by atoms with Crippen molar-refractivity contribution in [3.05, 3.63) is 40.3 Å². The highest BCUT2D eigenvalue weighted by atomic mass is 32.1. The van der Waals surface area contributed by atoms with Gasteiger partial charge in [0.1, 0.15) is 5.82 Å². The van der Waals surface area contributed by atoms with Crippen LogP contribution in [-0.4, -0.2) is 53.1 Å². The first-order chi connectivity index (χ1) is 13.4. The van der Waals surface area contributed by atoms with Crippen molar-refractivity contribution in [1.29, 1.82) is 0 Å². The molecule has 0 atom stereocenters. The highest BCUT2D eigenvalue weighted by molar-refractivity contribution is 7.09. The lowest BCUT2D eigenvalue weighted by atomic mass is 9.91. The van der Waals surface area contributed by atoms with Crippen LogP contribution in [0, 0.1) is 0 Å². The number of aromatic nitrogens is 3. The van der Waals surface area contributed by atoms with Gasteiger partial charge in [-0.25, -0.2) is 4.98 Å². The molecular formula is C21H28N6S. The number of pyridine rings is 1. The Kier molecular flexibility index (Phi) is 5.21. The van der Waals surface area contributed by atoms with E-state index in [0.717, 1.165) is 61.1 Å². The summed E-state index contributed by atoms with van der Waals surface area (Å²) in [5.74, 6) is 1.68. The summed E-state index contributed by atoms with van der Waals surface area (Å²) in [6.45, 7) is 11.2. The molecule has 0 aromatic carbocycles. The molecule has 148 valence electrons. The first-order valence-corrected chi connectivity index (χ1v) is 10.7. The predicted molar refractivity (Wildman–Crippen MR) is 117 cm³/mol. The second-order valence-corrected chi connectivity index (χ2v) is 9.46. The zero-order valence-corrected chi connectivity index (χ0v) is 17.9. The van der Waals surface area contributed by atoms with Gasteiger partial charge < -0.3 is 15.1 Å². The SMILES string of the molecule is CN1CCN(c2nc(NCc3cccs3)c3cc(C(C)(C)C)ncc3n2)CC1. The maximum absolute atomic E-state index is 4.93. The highest BCUT2D eigenvalue weighted by Gasteiger charge is 2.21. The topological polar surface area (TPSA) is 57.2 Å². The van der Waals surface area contributed by atoms with E-state index in [1.807, 2.05) is 6.20 Å². The number of hydrogen-bond donors (Lipinski definition) is 1. The highest BCUT2D eigenvalue weighted by Crippen LogP contribution is 2.29. The fourth-order valence-corrected chi connectivity index (χ4v) is 3.94. The van der Waals surface area contributed by atoms with Crippen LogP contribution < -0.4 is 10.2 Å². The van der Waals surface area contributed by atoms with Gasteiger partial charge in [0.15, 0.2) is 0 Å². The number of hydrogen-bond acceptors (Lipinski definition) is 7. The second-order valence-electron chi connectivity index (χ2n) is 8.43. The van der Waals surface area contributed by atoms with Crippen molar-refractivity contribution in [3.8, 4) is 0 Å². The number of nitrogens with one attached hydrogen (secondary N) is 1. The average molecular weight is 397 g/mol. The van der Waals surface area contributed by atoms with Gasteiger partial charge in [-0.05, 0) is 24.6 Å². The third-order valence-corrected chi connectivity index (χ3v) is 6.01. The molecule has 1 fully saturated rings. The number of likely N-dealkylation sites (N-methyl/N-ethyl adjacent to an activating group) is 1. The summed E-state index contributed by atoms with van der Waals surface area (Å²) in [4.78, 5) is 20.4. The molecule has 6 nitrogen and oxygen atoms in total. The average Bonchev–Trinajstić information content (AvgIpc) is 3.19. The lowest BCUT2D eigenvalue weighted by molar-refractivity contribution is 0.311. The minimum Gasteiger partial charge on any atom is -0.364 e. The first kappa shape index (κ1) is 19.1. The molecule has 1 N–H and O–H groups in total. The van der Waals surface area contributed by atoms with E-state index in [0.29, 0.717) is 0 Å². The number of fused-ring (bicyclic) bond motifs is 1. The van der Waals surface area contributed by atoms with E-state index in [1.54, 1.807) is 11.3 Å². The third-order valence-electron chi connectivity index (χ3n) is 5.14. The minimum absolute atomic E-state index is 0.0185. The van der Waals surface area contributed by atoms with Crippen LogP contribution >= 0.6 is 11.3 Å². The molecule has 28 heavy (non-hydrogen) atoms. The summed E-state index contributed by atoms with van der Waals surface area (Å²) in [5.41, 5.74) is 1.93. The molecule has 4 rings (SSSR count). The van der Waals surface area contributed by atoms with Crippen LogP contribution in [0.5, 0.6) is 0 Å². The van der Waals surface area contributed by atoms with Crippen LogP contribution in [0.15, 0.2) is 29.8 Å². The van der Waals surface area contributed by atoms with Gasteiger partial charge in [-0.3, -0.25) is 4.98 Å². The summed E-state index contributed by atoms with van der Waals surface area (Å²) >= 11 is 1.75. The normalized spacial score (nSPS) is 15.9. The molecule has 0 amide bonds. The first-order valence-electron chi connectivity index (χ1n) is 9.78. The Hall–Kier alpha value is -2.25. The fraction of sp³-hybridized carbons (Fsp3) is 0.476. The molecule has 0 bridgehead atoms. The summed E-state index contributed by atoms with van der Waals surface area (Å²) < 4.78 is 0. The third kappa shape index (κ3) is 4.10. The molecule has 1 aliphatic rings. The fourth-order valence-electron chi connectivity index (χ4n) is 3.30. The number of anilines is 2. The van der Waals surface area contributed by atoms with Crippen LogP contribution in [0.25, 0.3) is 10.9 Å². The van der Waals surface area contributed by atoms with Crippen molar-refractivity contribution >= 4 is 34.0 Å². The van der Waals surface area contributed by atoms with E-state index >= 15 is 0 Å². The predicted octanol–water partition coefficient (Wildman–Crippen LogP) is 3.75. The molecule has 1 saturated heterocycles. The zero-order valence-electron chi connectivity index (χ0n) is 17.1. The van der Waals surface area contributed by atoms with Crippen molar-refractivity contribution in [2.24, 2.45) is 0 Å². The second kappa shape index (κ2) is 7.64. The number of rotatable bonds is 4. The smallest absolute Gasteiger partial charge is 0.228 e. The van der Waals surface area contributed by atoms with E-state index < -0.39 is 0 Å². The molecule has 0 unspecified atom stereocenters. The van der Waals surface area contributed by atoms with Crippen molar-refractivity contribution in [2.45, 2.75) is 32.7 Å². The quantitative estimate of drug-likeness (QED) is 0.725. The largest absolute Gasteiger partial charge is 0.364 e. The van der Waals surface area contributed by atoms with Gasteiger partial charge in [0.25, 0.3) is 0 Å². The standard InChI is InChI=1S/C21H28N6S/c1-21(2,3)18-12-16-17(14-22-18)24-20(27-9-7-26(4)8-10-27)25-19(16)23-13-15-6-5-11-28-15/h5-6,11-12,14H,7-10,13H2,1-4H3,(H,23,24,25). The number of nitrogens with zero attached hydrogens (tertiary/aromatic N) is 5. The van der Waals surface area contributed by atoms with Crippen LogP contribution in [0.3, 0.4) is 0 Å². The van der Waals surface area contributed by atoms with Crippen molar-refractivity contribution in [1.82, 2.24) is 19.9 Å². The van der Waals surface area contributed by atoms with Gasteiger partial charge >= 0.3 is 0 Å². The summed E-state index contributed by atoms with van der Waals surface area (Å²) in [5, 5.41) is 6.69.